The first-order chi connectivity index (χ1) is 14.5. The van der Waals surface area contributed by atoms with Gasteiger partial charge >= 0.3 is 11.9 Å². The number of hydrogen-bond donors (Lipinski definition) is 1. The van der Waals surface area contributed by atoms with Gasteiger partial charge in [0.2, 0.25) is 5.91 Å². The van der Waals surface area contributed by atoms with Crippen molar-refractivity contribution in [3.8, 4) is 11.8 Å². The molecule has 0 saturated carbocycles. The zero-order valence-electron chi connectivity index (χ0n) is 16.8. The summed E-state index contributed by atoms with van der Waals surface area (Å²) in [5.41, 5.74) is 0.885. The first-order valence-corrected chi connectivity index (χ1v) is 9.02. The van der Waals surface area contributed by atoms with Gasteiger partial charge in [0.1, 0.15) is 11.7 Å². The SMILES string of the molecule is COC(=O)C(C(=O)OC)C(c1ccccc1)C(C#N)C(=O)Nc1ccc(OC)cc1. The van der Waals surface area contributed by atoms with Crippen LogP contribution in [0.25, 0.3) is 0 Å². The average molecular weight is 410 g/mol. The molecule has 0 bridgehead atoms. The molecule has 1 N–H and O–H groups in total. The summed E-state index contributed by atoms with van der Waals surface area (Å²) in [5.74, 6) is -5.85. The number of carbonyl (C=O) groups excluding carboxylic acids is 3. The molecule has 2 aromatic rings. The van der Waals surface area contributed by atoms with Gasteiger partial charge in [-0.15, -0.1) is 0 Å². The Morgan fingerprint density at radius 2 is 1.47 bits per heavy atom. The summed E-state index contributed by atoms with van der Waals surface area (Å²) in [6.45, 7) is 0. The van der Waals surface area contributed by atoms with Crippen LogP contribution < -0.4 is 10.1 Å². The molecule has 156 valence electrons. The van der Waals surface area contributed by atoms with Gasteiger partial charge in [0.05, 0.1) is 27.4 Å². The van der Waals surface area contributed by atoms with Crippen molar-refractivity contribution in [1.82, 2.24) is 0 Å². The zero-order chi connectivity index (χ0) is 22.1. The number of nitriles is 1. The van der Waals surface area contributed by atoms with Gasteiger partial charge in [-0.2, -0.15) is 5.26 Å². The third-order valence-corrected chi connectivity index (χ3v) is 4.59. The van der Waals surface area contributed by atoms with E-state index in [2.05, 4.69) is 5.32 Å². The van der Waals surface area contributed by atoms with Crippen LogP contribution in [-0.4, -0.2) is 39.2 Å². The lowest BCUT2D eigenvalue weighted by Crippen LogP contribution is -2.39. The summed E-state index contributed by atoms with van der Waals surface area (Å²) in [6, 6.07) is 16.8. The second kappa shape index (κ2) is 10.6. The number of nitrogens with zero attached hydrogens (tertiary/aromatic N) is 1. The Hall–Kier alpha value is -3.86. The Balaban J connectivity index is 2.45. The molecular weight excluding hydrogens is 388 g/mol. The fraction of sp³-hybridized carbons (Fsp3) is 0.273. The highest BCUT2D eigenvalue weighted by atomic mass is 16.5. The second-order valence-electron chi connectivity index (χ2n) is 6.28. The quantitative estimate of drug-likeness (QED) is 0.525. The van der Waals surface area contributed by atoms with Crippen molar-refractivity contribution in [2.45, 2.75) is 5.92 Å². The number of esters is 2. The monoisotopic (exact) mass is 410 g/mol. The molecule has 0 saturated heterocycles. The number of benzene rings is 2. The number of amides is 1. The van der Waals surface area contributed by atoms with E-state index in [1.807, 2.05) is 6.07 Å². The molecule has 0 aromatic heterocycles. The Bertz CT molecular complexity index is 905. The Labute approximate surface area is 174 Å². The van der Waals surface area contributed by atoms with Crippen molar-refractivity contribution in [1.29, 1.82) is 5.26 Å². The summed E-state index contributed by atoms with van der Waals surface area (Å²) < 4.78 is 14.6. The molecule has 8 heteroatoms. The summed E-state index contributed by atoms with van der Waals surface area (Å²) in [6.07, 6.45) is 0. The highest BCUT2D eigenvalue weighted by Gasteiger charge is 2.45. The largest absolute Gasteiger partial charge is 0.497 e. The van der Waals surface area contributed by atoms with E-state index < -0.39 is 35.6 Å². The molecule has 2 atom stereocenters. The number of ether oxygens (including phenoxy) is 3. The molecule has 2 rings (SSSR count). The molecule has 0 heterocycles. The van der Waals surface area contributed by atoms with Crippen molar-refractivity contribution in [2.75, 3.05) is 26.6 Å². The molecule has 0 aliphatic heterocycles. The molecule has 8 nitrogen and oxygen atoms in total. The van der Waals surface area contributed by atoms with Crippen molar-refractivity contribution in [3.05, 3.63) is 60.2 Å². The van der Waals surface area contributed by atoms with Gasteiger partial charge in [0, 0.05) is 11.6 Å². The van der Waals surface area contributed by atoms with E-state index in [1.165, 1.54) is 7.11 Å². The molecule has 30 heavy (non-hydrogen) atoms. The molecule has 2 unspecified atom stereocenters. The van der Waals surface area contributed by atoms with Gasteiger partial charge in [-0.05, 0) is 29.8 Å². The molecule has 0 fully saturated rings. The topological polar surface area (TPSA) is 115 Å². The van der Waals surface area contributed by atoms with E-state index in [4.69, 9.17) is 14.2 Å². The molecule has 0 aliphatic rings. The predicted octanol–water partition coefficient (Wildman–Crippen LogP) is 2.52. The number of nitrogens with one attached hydrogen (secondary N) is 1. The number of anilines is 1. The van der Waals surface area contributed by atoms with Crippen LogP contribution >= 0.6 is 0 Å². The van der Waals surface area contributed by atoms with Crippen molar-refractivity contribution < 1.29 is 28.6 Å². The average Bonchev–Trinajstić information content (AvgIpc) is 2.79. The van der Waals surface area contributed by atoms with E-state index in [0.29, 0.717) is 17.0 Å². The third-order valence-electron chi connectivity index (χ3n) is 4.59. The first-order valence-electron chi connectivity index (χ1n) is 9.02. The Kier molecular flexibility index (Phi) is 7.94. The maximum absolute atomic E-state index is 13.0. The molecule has 0 radical (unpaired) electrons. The van der Waals surface area contributed by atoms with Crippen LogP contribution in [0.4, 0.5) is 5.69 Å². The third kappa shape index (κ3) is 5.14. The lowest BCUT2D eigenvalue weighted by molar-refractivity contribution is -0.160. The van der Waals surface area contributed by atoms with E-state index in [9.17, 15) is 19.6 Å². The summed E-state index contributed by atoms with van der Waals surface area (Å²) in [7, 11) is 3.77. The van der Waals surface area contributed by atoms with Crippen molar-refractivity contribution >= 4 is 23.5 Å². The minimum atomic E-state index is -1.49. The number of hydrogen-bond acceptors (Lipinski definition) is 7. The minimum Gasteiger partial charge on any atom is -0.497 e. The summed E-state index contributed by atoms with van der Waals surface area (Å²) in [5, 5.41) is 12.5. The van der Waals surface area contributed by atoms with Gasteiger partial charge < -0.3 is 19.5 Å². The van der Waals surface area contributed by atoms with E-state index in [1.54, 1.807) is 54.6 Å². The molecular formula is C22H22N2O6. The zero-order valence-corrected chi connectivity index (χ0v) is 16.8. The highest BCUT2D eigenvalue weighted by molar-refractivity contribution is 6.00. The standard InChI is InChI=1S/C22H22N2O6/c1-28-16-11-9-15(10-12-16)24-20(25)17(13-23)18(14-7-5-4-6-8-14)19(21(26)29-2)22(27)30-3/h4-12,17-19H,1-3H3,(H,24,25). The van der Waals surface area contributed by atoms with Crippen LogP contribution in [0.5, 0.6) is 5.75 Å². The lowest BCUT2D eigenvalue weighted by Gasteiger charge is -2.27. The maximum Gasteiger partial charge on any atom is 0.320 e. The van der Waals surface area contributed by atoms with Crippen LogP contribution in [0.1, 0.15) is 11.5 Å². The van der Waals surface area contributed by atoms with Gasteiger partial charge in [0.15, 0.2) is 5.92 Å². The predicted molar refractivity (Wildman–Crippen MR) is 107 cm³/mol. The number of rotatable bonds is 8. The maximum atomic E-state index is 13.0. The second-order valence-corrected chi connectivity index (χ2v) is 6.28. The van der Waals surface area contributed by atoms with Crippen molar-refractivity contribution in [3.63, 3.8) is 0 Å². The van der Waals surface area contributed by atoms with E-state index in [-0.39, 0.29) is 0 Å². The molecule has 0 aliphatic carbocycles. The van der Waals surface area contributed by atoms with Crippen LogP contribution in [0.2, 0.25) is 0 Å². The van der Waals surface area contributed by atoms with Crippen LogP contribution in [-0.2, 0) is 23.9 Å². The fourth-order valence-corrected chi connectivity index (χ4v) is 3.09. The molecule has 1 amide bonds. The van der Waals surface area contributed by atoms with Crippen LogP contribution in [0.3, 0.4) is 0 Å². The number of carbonyl (C=O) groups is 3. The summed E-state index contributed by atoms with van der Waals surface area (Å²) >= 11 is 0. The normalized spacial score (nSPS) is 12.2. The Morgan fingerprint density at radius 1 is 0.900 bits per heavy atom. The smallest absolute Gasteiger partial charge is 0.320 e. The minimum absolute atomic E-state index is 0.431. The Morgan fingerprint density at radius 3 is 1.93 bits per heavy atom. The molecule has 2 aromatic carbocycles. The van der Waals surface area contributed by atoms with Crippen LogP contribution in [0, 0.1) is 23.2 Å². The van der Waals surface area contributed by atoms with Gasteiger partial charge in [-0.25, -0.2) is 0 Å². The highest BCUT2D eigenvalue weighted by Crippen LogP contribution is 2.35. The number of methoxy groups -OCH3 is 3. The first kappa shape index (κ1) is 22.4. The fourth-order valence-electron chi connectivity index (χ4n) is 3.09. The van der Waals surface area contributed by atoms with Gasteiger partial charge in [0.25, 0.3) is 0 Å². The lowest BCUT2D eigenvalue weighted by atomic mass is 9.76. The van der Waals surface area contributed by atoms with E-state index in [0.717, 1.165) is 14.2 Å². The van der Waals surface area contributed by atoms with Crippen molar-refractivity contribution in [2.24, 2.45) is 11.8 Å². The van der Waals surface area contributed by atoms with Gasteiger partial charge in [-0.1, -0.05) is 30.3 Å². The summed E-state index contributed by atoms with van der Waals surface area (Å²) in [4.78, 5) is 37.8. The van der Waals surface area contributed by atoms with E-state index >= 15 is 0 Å². The van der Waals surface area contributed by atoms with Gasteiger partial charge in [-0.3, -0.25) is 14.4 Å². The van der Waals surface area contributed by atoms with Crippen LogP contribution in [0.15, 0.2) is 54.6 Å². The molecule has 0 spiro atoms.